The van der Waals surface area contributed by atoms with Crippen molar-refractivity contribution in [3.05, 3.63) is 118 Å². The van der Waals surface area contributed by atoms with Gasteiger partial charge in [-0.1, -0.05) is 83.3 Å². The van der Waals surface area contributed by atoms with Crippen molar-refractivity contribution in [3.63, 3.8) is 0 Å². The highest BCUT2D eigenvalue weighted by atomic mass is 79.9. The fraction of sp³-hybridized carbons (Fsp3) is 0.278. The van der Waals surface area contributed by atoms with E-state index in [1.165, 1.54) is 49.5 Å². The van der Waals surface area contributed by atoms with Gasteiger partial charge in [-0.2, -0.15) is 0 Å². The SMILES string of the molecule is CCCCNC(=O)[C@H](Cc1ccccc1)N(Cc1ccc(Br)cc1)C(=O)CN(c1ccc(Cl)cc1)S(=O)(=O)c1ccc(OC)c(OC)c1. The zero-order chi connectivity index (χ0) is 34.7. The summed E-state index contributed by atoms with van der Waals surface area (Å²) < 4.78 is 41.3. The second kappa shape index (κ2) is 17.4. The standard InChI is InChI=1S/C36H39BrClN3O6S/c1-4-5-21-39-36(43)32(22-26-9-7-6-8-10-26)40(24-27-11-13-28(37)14-12-27)35(42)25-41(30-17-15-29(38)16-18-30)48(44,45)31-19-20-33(46-2)34(23-31)47-3/h6-20,23,32H,4-5,21-22,24-25H2,1-3H3,(H,39,43)/t32-/m0/s1. The van der Waals surface area contributed by atoms with Gasteiger partial charge in [0.05, 0.1) is 24.8 Å². The van der Waals surface area contributed by atoms with Crippen LogP contribution in [0.3, 0.4) is 0 Å². The van der Waals surface area contributed by atoms with Gasteiger partial charge in [-0.05, 0) is 66.1 Å². The minimum Gasteiger partial charge on any atom is -0.493 e. The zero-order valence-electron chi connectivity index (χ0n) is 27.1. The molecule has 4 aromatic rings. The maximum absolute atomic E-state index is 14.6. The molecule has 0 aliphatic rings. The molecule has 254 valence electrons. The molecule has 4 rings (SSSR count). The van der Waals surface area contributed by atoms with Crippen LogP contribution in [0.4, 0.5) is 5.69 Å². The van der Waals surface area contributed by atoms with Crippen molar-refractivity contribution in [2.24, 2.45) is 0 Å². The van der Waals surface area contributed by atoms with Crippen LogP contribution in [0.1, 0.15) is 30.9 Å². The number of ether oxygens (including phenoxy) is 2. The maximum atomic E-state index is 14.6. The molecule has 4 aromatic carbocycles. The second-order valence-corrected chi connectivity index (χ2v) is 14.2. The molecule has 9 nitrogen and oxygen atoms in total. The lowest BCUT2D eigenvalue weighted by molar-refractivity contribution is -0.140. The molecular weight excluding hydrogens is 718 g/mol. The van der Waals surface area contributed by atoms with Crippen molar-refractivity contribution in [3.8, 4) is 11.5 Å². The first-order valence-electron chi connectivity index (χ1n) is 15.4. The minimum absolute atomic E-state index is 0.0652. The maximum Gasteiger partial charge on any atom is 0.264 e. The molecule has 0 radical (unpaired) electrons. The molecule has 0 aliphatic heterocycles. The third-order valence-electron chi connectivity index (χ3n) is 7.70. The highest BCUT2D eigenvalue weighted by Gasteiger charge is 2.35. The first-order chi connectivity index (χ1) is 23.1. The molecule has 1 atom stereocenters. The molecule has 0 saturated carbocycles. The number of carbonyl (C=O) groups is 2. The predicted molar refractivity (Wildman–Crippen MR) is 192 cm³/mol. The molecule has 0 unspecified atom stereocenters. The average molecular weight is 757 g/mol. The molecule has 0 aromatic heterocycles. The molecule has 0 saturated heterocycles. The number of nitrogens with one attached hydrogen (secondary N) is 1. The Hall–Kier alpha value is -4.06. The molecular formula is C36H39BrClN3O6S. The van der Waals surface area contributed by atoms with Gasteiger partial charge in [0.25, 0.3) is 10.0 Å². The summed E-state index contributed by atoms with van der Waals surface area (Å²) in [5, 5.41) is 3.39. The van der Waals surface area contributed by atoms with Crippen LogP contribution in [0.2, 0.25) is 5.02 Å². The molecule has 48 heavy (non-hydrogen) atoms. The van der Waals surface area contributed by atoms with Gasteiger partial charge < -0.3 is 19.7 Å². The second-order valence-electron chi connectivity index (χ2n) is 11.0. The van der Waals surface area contributed by atoms with Crippen LogP contribution < -0.4 is 19.1 Å². The van der Waals surface area contributed by atoms with E-state index in [1.807, 2.05) is 61.5 Å². The van der Waals surface area contributed by atoms with Crippen LogP contribution in [-0.4, -0.2) is 58.5 Å². The number of unbranched alkanes of at least 4 members (excludes halogenated alkanes) is 1. The Morgan fingerprint density at radius 3 is 2.17 bits per heavy atom. The number of sulfonamides is 1. The summed E-state index contributed by atoms with van der Waals surface area (Å²) in [4.78, 5) is 29.8. The number of halogens is 2. The van der Waals surface area contributed by atoms with E-state index >= 15 is 0 Å². The number of anilines is 1. The first-order valence-corrected chi connectivity index (χ1v) is 18.0. The lowest BCUT2D eigenvalue weighted by Gasteiger charge is -2.34. The Kier molecular flexibility index (Phi) is 13.3. The Balaban J connectivity index is 1.80. The van der Waals surface area contributed by atoms with E-state index in [-0.39, 0.29) is 35.2 Å². The van der Waals surface area contributed by atoms with Crippen LogP contribution in [0, 0.1) is 0 Å². The monoisotopic (exact) mass is 755 g/mol. The van der Waals surface area contributed by atoms with E-state index in [0.717, 1.165) is 32.7 Å². The van der Waals surface area contributed by atoms with Crippen LogP contribution in [0.15, 0.2) is 106 Å². The Bertz CT molecular complexity index is 1770. The Labute approximate surface area is 296 Å². The van der Waals surface area contributed by atoms with Gasteiger partial charge in [-0.3, -0.25) is 13.9 Å². The molecule has 0 fully saturated rings. The summed E-state index contributed by atoms with van der Waals surface area (Å²) >= 11 is 9.62. The third kappa shape index (κ3) is 9.52. The Morgan fingerprint density at radius 2 is 1.54 bits per heavy atom. The highest BCUT2D eigenvalue weighted by molar-refractivity contribution is 9.10. The number of methoxy groups -OCH3 is 2. The summed E-state index contributed by atoms with van der Waals surface area (Å²) in [7, 11) is -1.49. The largest absolute Gasteiger partial charge is 0.493 e. The summed E-state index contributed by atoms with van der Waals surface area (Å²) in [6, 6.07) is 26.3. The van der Waals surface area contributed by atoms with E-state index in [2.05, 4.69) is 21.2 Å². The number of hydrogen-bond acceptors (Lipinski definition) is 6. The minimum atomic E-state index is -4.35. The molecule has 0 aliphatic carbocycles. The fourth-order valence-corrected chi connectivity index (χ4v) is 6.91. The first kappa shape index (κ1) is 36.8. The van der Waals surface area contributed by atoms with E-state index in [0.29, 0.717) is 17.3 Å². The van der Waals surface area contributed by atoms with Crippen LogP contribution in [-0.2, 0) is 32.6 Å². The average Bonchev–Trinajstić information content (AvgIpc) is 3.10. The van der Waals surface area contributed by atoms with Gasteiger partial charge in [-0.15, -0.1) is 0 Å². The van der Waals surface area contributed by atoms with Crippen molar-refractivity contribution in [2.75, 3.05) is 31.6 Å². The van der Waals surface area contributed by atoms with Gasteiger partial charge in [0.2, 0.25) is 11.8 Å². The van der Waals surface area contributed by atoms with Crippen molar-refractivity contribution in [1.82, 2.24) is 10.2 Å². The summed E-state index contributed by atoms with van der Waals surface area (Å²) in [6.45, 7) is 1.95. The number of carbonyl (C=O) groups excluding carboxylic acids is 2. The number of amides is 2. The quantitative estimate of drug-likeness (QED) is 0.125. The number of benzene rings is 4. The predicted octanol–water partition coefficient (Wildman–Crippen LogP) is 6.87. The van der Waals surface area contributed by atoms with Gasteiger partial charge in [0, 0.05) is 35.1 Å². The van der Waals surface area contributed by atoms with Crippen molar-refractivity contribution < 1.29 is 27.5 Å². The summed E-state index contributed by atoms with van der Waals surface area (Å²) in [5.74, 6) is -0.323. The fourth-order valence-electron chi connectivity index (χ4n) is 5.09. The molecule has 2 amide bonds. The molecule has 12 heteroatoms. The van der Waals surface area contributed by atoms with Crippen LogP contribution in [0.25, 0.3) is 0 Å². The number of hydrogen-bond donors (Lipinski definition) is 1. The molecule has 1 N–H and O–H groups in total. The van der Waals surface area contributed by atoms with Crippen molar-refractivity contribution in [2.45, 2.75) is 43.7 Å². The molecule has 0 bridgehead atoms. The normalized spacial score (nSPS) is 11.8. The highest BCUT2D eigenvalue weighted by Crippen LogP contribution is 2.33. The number of nitrogens with zero attached hydrogens (tertiary/aromatic N) is 2. The van der Waals surface area contributed by atoms with E-state index in [1.54, 1.807) is 12.1 Å². The van der Waals surface area contributed by atoms with Gasteiger partial charge in [0.15, 0.2) is 11.5 Å². The van der Waals surface area contributed by atoms with E-state index in [4.69, 9.17) is 21.1 Å². The number of rotatable bonds is 16. The van der Waals surface area contributed by atoms with Crippen molar-refractivity contribution >= 4 is 55.1 Å². The lowest BCUT2D eigenvalue weighted by atomic mass is 10.0. The van der Waals surface area contributed by atoms with Gasteiger partial charge >= 0.3 is 0 Å². The summed E-state index contributed by atoms with van der Waals surface area (Å²) in [5.41, 5.74) is 1.85. The lowest BCUT2D eigenvalue weighted by Crippen LogP contribution is -2.53. The van der Waals surface area contributed by atoms with Crippen LogP contribution >= 0.6 is 27.5 Å². The third-order valence-corrected chi connectivity index (χ3v) is 10.3. The smallest absolute Gasteiger partial charge is 0.264 e. The van der Waals surface area contributed by atoms with Crippen molar-refractivity contribution in [1.29, 1.82) is 0 Å². The Morgan fingerprint density at radius 1 is 0.875 bits per heavy atom. The topological polar surface area (TPSA) is 105 Å². The van der Waals surface area contributed by atoms with E-state index < -0.39 is 28.5 Å². The van der Waals surface area contributed by atoms with Gasteiger partial charge in [-0.25, -0.2) is 8.42 Å². The van der Waals surface area contributed by atoms with Gasteiger partial charge in [0.1, 0.15) is 12.6 Å². The van der Waals surface area contributed by atoms with E-state index in [9.17, 15) is 18.0 Å². The zero-order valence-corrected chi connectivity index (χ0v) is 30.2. The summed E-state index contributed by atoms with van der Waals surface area (Å²) in [6.07, 6.45) is 1.89. The molecule has 0 heterocycles. The molecule has 0 spiro atoms. The van der Waals surface area contributed by atoms with Crippen LogP contribution in [0.5, 0.6) is 11.5 Å².